The molecule has 0 aliphatic carbocycles. The molecule has 1 aromatic heterocycles. The van der Waals surface area contributed by atoms with Crippen molar-refractivity contribution in [1.82, 2.24) is 4.98 Å². The molecule has 4 nitrogen and oxygen atoms in total. The predicted octanol–water partition coefficient (Wildman–Crippen LogP) is 8.51. The monoisotopic (exact) mass is 494 g/mol. The number of carbonyl (C=O) groups excluding carboxylic acids is 1. The molecule has 0 saturated carbocycles. The van der Waals surface area contributed by atoms with Gasteiger partial charge in [0.05, 0.1) is 18.5 Å². The number of ether oxygens (including phenoxy) is 1. The highest BCUT2D eigenvalue weighted by Gasteiger charge is 2.19. The second kappa shape index (κ2) is 14.0. The van der Waals surface area contributed by atoms with E-state index in [0.717, 1.165) is 28.4 Å². The Bertz CT molecular complexity index is 1030. The lowest BCUT2D eigenvalue weighted by atomic mass is 10.1. The first-order chi connectivity index (χ1) is 16.7. The number of thiazole rings is 1. The minimum absolute atomic E-state index is 0.195. The van der Waals surface area contributed by atoms with Gasteiger partial charge in [-0.05, 0) is 66.8 Å². The van der Waals surface area contributed by atoms with E-state index in [1.807, 2.05) is 53.5 Å². The zero-order valence-electron chi connectivity index (χ0n) is 20.2. The molecule has 34 heavy (non-hydrogen) atoms. The molecule has 0 bridgehead atoms. The fourth-order valence-electron chi connectivity index (χ4n) is 3.63. The van der Waals surface area contributed by atoms with Gasteiger partial charge >= 0.3 is 0 Å². The number of hydrogen-bond donors (Lipinski definition) is 0. The minimum Gasteiger partial charge on any atom is -0.497 e. The maximum absolute atomic E-state index is 12.7. The quantitative estimate of drug-likeness (QED) is 0.128. The topological polar surface area (TPSA) is 42.4 Å². The van der Waals surface area contributed by atoms with Gasteiger partial charge in [0.25, 0.3) is 5.91 Å². The van der Waals surface area contributed by atoms with Crippen molar-refractivity contribution in [1.29, 1.82) is 0 Å². The van der Waals surface area contributed by atoms with Crippen molar-refractivity contribution in [3.05, 3.63) is 66.6 Å². The molecule has 3 aromatic rings. The Hall–Kier alpha value is -2.57. The van der Waals surface area contributed by atoms with Crippen molar-refractivity contribution in [2.45, 2.75) is 56.8 Å². The number of anilines is 2. The highest BCUT2D eigenvalue weighted by molar-refractivity contribution is 7.99. The Morgan fingerprint density at radius 2 is 1.71 bits per heavy atom. The first-order valence-electron chi connectivity index (χ1n) is 12.0. The molecule has 0 spiro atoms. The van der Waals surface area contributed by atoms with E-state index in [1.165, 1.54) is 67.3 Å². The minimum atomic E-state index is -0.195. The highest BCUT2D eigenvalue weighted by atomic mass is 32.2. The molecule has 0 unspecified atom stereocenters. The van der Waals surface area contributed by atoms with E-state index in [2.05, 4.69) is 25.6 Å². The number of aromatic nitrogens is 1. The van der Waals surface area contributed by atoms with Crippen molar-refractivity contribution in [3.8, 4) is 17.0 Å². The third kappa shape index (κ3) is 7.47. The summed E-state index contributed by atoms with van der Waals surface area (Å²) < 4.78 is 5.23. The summed E-state index contributed by atoms with van der Waals surface area (Å²) in [5.74, 6) is 1.73. The predicted molar refractivity (Wildman–Crippen MR) is 147 cm³/mol. The summed E-state index contributed by atoms with van der Waals surface area (Å²) in [5, 5.41) is 2.59. The molecule has 0 fully saturated rings. The molecule has 0 N–H and O–H groups in total. The van der Waals surface area contributed by atoms with Gasteiger partial charge < -0.3 is 4.74 Å². The smallest absolute Gasteiger partial charge is 0.256 e. The van der Waals surface area contributed by atoms with Gasteiger partial charge in [0, 0.05) is 15.8 Å². The van der Waals surface area contributed by atoms with Gasteiger partial charge in [-0.1, -0.05) is 52.0 Å². The van der Waals surface area contributed by atoms with Crippen molar-refractivity contribution >= 4 is 39.8 Å². The zero-order chi connectivity index (χ0) is 24.2. The molecule has 0 aliphatic rings. The third-order valence-corrected chi connectivity index (χ3v) is 7.50. The first kappa shape index (κ1) is 26.0. The maximum Gasteiger partial charge on any atom is 0.256 e. The van der Waals surface area contributed by atoms with Crippen LogP contribution in [0.2, 0.25) is 0 Å². The van der Waals surface area contributed by atoms with Gasteiger partial charge in [-0.15, -0.1) is 23.1 Å². The van der Waals surface area contributed by atoms with Crippen molar-refractivity contribution in [2.24, 2.45) is 0 Å². The van der Waals surface area contributed by atoms with E-state index in [-0.39, 0.29) is 5.91 Å². The van der Waals surface area contributed by atoms with Gasteiger partial charge in [-0.25, -0.2) is 4.98 Å². The molecule has 0 atom stereocenters. The lowest BCUT2D eigenvalue weighted by molar-refractivity contribution is -0.113. The van der Waals surface area contributed by atoms with Crippen molar-refractivity contribution in [3.63, 3.8) is 0 Å². The molecule has 6 heteroatoms. The van der Waals surface area contributed by atoms with Gasteiger partial charge in [-0.2, -0.15) is 0 Å². The van der Waals surface area contributed by atoms with Crippen LogP contribution in [0.5, 0.6) is 5.75 Å². The Morgan fingerprint density at radius 1 is 1.03 bits per heavy atom. The molecule has 1 heterocycles. The molecule has 2 aromatic carbocycles. The number of nitrogens with zero attached hydrogens (tertiary/aromatic N) is 2. The highest BCUT2D eigenvalue weighted by Crippen LogP contribution is 2.34. The molecular formula is C28H34N2O2S2. The maximum atomic E-state index is 12.7. The van der Waals surface area contributed by atoms with Crippen LogP contribution in [0, 0.1) is 0 Å². The van der Waals surface area contributed by atoms with Gasteiger partial charge in [0.1, 0.15) is 5.75 Å². The van der Waals surface area contributed by atoms with Crippen molar-refractivity contribution in [2.75, 3.05) is 17.8 Å². The molecule has 1 amide bonds. The summed E-state index contributed by atoms with van der Waals surface area (Å²) in [7, 11) is 1.65. The Morgan fingerprint density at radius 3 is 2.35 bits per heavy atom. The molecule has 0 saturated heterocycles. The number of unbranched alkanes of at least 4 members (excludes halogenated alkanes) is 6. The summed E-state index contributed by atoms with van der Waals surface area (Å²) >= 11 is 3.32. The van der Waals surface area contributed by atoms with Crippen LogP contribution in [0.4, 0.5) is 10.8 Å². The van der Waals surface area contributed by atoms with Crippen LogP contribution < -0.4 is 9.64 Å². The summed E-state index contributed by atoms with van der Waals surface area (Å²) in [6, 6.07) is 15.9. The van der Waals surface area contributed by atoms with E-state index in [0.29, 0.717) is 5.13 Å². The van der Waals surface area contributed by atoms with E-state index in [1.54, 1.807) is 12.0 Å². The number of amides is 1. The van der Waals surface area contributed by atoms with E-state index < -0.39 is 0 Å². The Labute approximate surface area is 212 Å². The van der Waals surface area contributed by atoms with Crippen molar-refractivity contribution < 1.29 is 9.53 Å². The lowest BCUT2D eigenvalue weighted by Gasteiger charge is -2.18. The fraction of sp³-hybridized carbons (Fsp3) is 0.357. The van der Waals surface area contributed by atoms with Crippen LogP contribution in [0.25, 0.3) is 11.3 Å². The number of methoxy groups -OCH3 is 1. The molecule has 0 aliphatic heterocycles. The first-order valence-corrected chi connectivity index (χ1v) is 13.8. The normalized spacial score (nSPS) is 10.8. The van der Waals surface area contributed by atoms with Crippen LogP contribution in [0.1, 0.15) is 51.9 Å². The fourth-order valence-corrected chi connectivity index (χ4v) is 5.40. The van der Waals surface area contributed by atoms with Crippen LogP contribution in [0.3, 0.4) is 0 Å². The summed E-state index contributed by atoms with van der Waals surface area (Å²) in [6.07, 6.45) is 10.6. The van der Waals surface area contributed by atoms with Gasteiger partial charge in [0.2, 0.25) is 0 Å². The lowest BCUT2D eigenvalue weighted by Crippen LogP contribution is -2.23. The zero-order valence-corrected chi connectivity index (χ0v) is 21.8. The second-order valence-electron chi connectivity index (χ2n) is 8.09. The SMILES string of the molecule is C=CC(=O)N(c1ccc(SCCCCCCCCC)cc1)c1nc(-c2ccc(OC)cc2)cs1. The Balaban J connectivity index is 1.62. The molecule has 180 valence electrons. The standard InChI is InChI=1S/C28H34N2O2S2/c1-4-6-7-8-9-10-11-20-33-25-18-14-23(15-19-25)30(27(31)5-2)28-29-26(21-34-28)22-12-16-24(32-3)17-13-22/h5,12-19,21H,2,4,6-11,20H2,1,3H3. The van der Waals surface area contributed by atoms with Crippen LogP contribution in [0.15, 0.2) is 71.5 Å². The van der Waals surface area contributed by atoms with E-state index in [9.17, 15) is 4.79 Å². The number of carbonyl (C=O) groups is 1. The van der Waals surface area contributed by atoms with E-state index >= 15 is 0 Å². The summed E-state index contributed by atoms with van der Waals surface area (Å²) in [6.45, 7) is 5.94. The largest absolute Gasteiger partial charge is 0.497 e. The van der Waals surface area contributed by atoms with Crippen LogP contribution in [-0.4, -0.2) is 23.8 Å². The van der Waals surface area contributed by atoms with Crippen LogP contribution >= 0.6 is 23.1 Å². The third-order valence-electron chi connectivity index (χ3n) is 5.58. The molecule has 0 radical (unpaired) electrons. The summed E-state index contributed by atoms with van der Waals surface area (Å²) in [5.41, 5.74) is 2.60. The number of hydrogen-bond acceptors (Lipinski definition) is 5. The van der Waals surface area contributed by atoms with E-state index in [4.69, 9.17) is 9.72 Å². The second-order valence-corrected chi connectivity index (χ2v) is 10.1. The average molecular weight is 495 g/mol. The average Bonchev–Trinajstić information content (AvgIpc) is 3.36. The number of thioether (sulfide) groups is 1. The number of rotatable bonds is 14. The molecule has 3 rings (SSSR count). The Kier molecular flexibility index (Phi) is 10.7. The summed E-state index contributed by atoms with van der Waals surface area (Å²) in [4.78, 5) is 20.3. The van der Waals surface area contributed by atoms with Gasteiger partial charge in [-0.3, -0.25) is 9.69 Å². The number of benzene rings is 2. The van der Waals surface area contributed by atoms with Crippen LogP contribution in [-0.2, 0) is 4.79 Å². The van der Waals surface area contributed by atoms with Gasteiger partial charge in [0.15, 0.2) is 5.13 Å². The molecular weight excluding hydrogens is 460 g/mol.